The number of aryl methyl sites for hydroxylation is 3. The molecule has 7 heteroatoms. The van der Waals surface area contributed by atoms with Crippen LogP contribution in [0.4, 0.5) is 0 Å². The Kier molecular flexibility index (Phi) is 7.74. The summed E-state index contributed by atoms with van der Waals surface area (Å²) in [5, 5.41) is 7.62. The van der Waals surface area contributed by atoms with E-state index in [0.29, 0.717) is 13.1 Å². The zero-order valence-electron chi connectivity index (χ0n) is 13.3. The molecular weight excluding hydrogens is 409 g/mol. The van der Waals surface area contributed by atoms with E-state index >= 15 is 0 Å². The standard InChI is InChI=1S/C15H21N5S.HI/c1-10-6-5-7-17-13(10)8-18-15(16-4)19-9-14-20-11(2)12(3)21-14;/h5-7H,8-9H2,1-4H3,(H2,16,18,19);1H. The van der Waals surface area contributed by atoms with Crippen LogP contribution in [0.3, 0.4) is 0 Å². The Bertz CT molecular complexity index is 619. The van der Waals surface area contributed by atoms with Crippen LogP contribution in [0, 0.1) is 20.8 Å². The van der Waals surface area contributed by atoms with Crippen molar-refractivity contribution in [1.82, 2.24) is 20.6 Å². The van der Waals surface area contributed by atoms with Crippen molar-refractivity contribution in [3.63, 3.8) is 0 Å². The average molecular weight is 431 g/mol. The second-order valence-corrected chi connectivity index (χ2v) is 6.08. The second-order valence-electron chi connectivity index (χ2n) is 4.80. The van der Waals surface area contributed by atoms with Gasteiger partial charge in [-0.1, -0.05) is 6.07 Å². The fourth-order valence-electron chi connectivity index (χ4n) is 1.87. The highest BCUT2D eigenvalue weighted by Gasteiger charge is 2.05. The highest BCUT2D eigenvalue weighted by atomic mass is 127. The molecule has 0 bridgehead atoms. The molecule has 0 saturated carbocycles. The van der Waals surface area contributed by atoms with Gasteiger partial charge in [-0.3, -0.25) is 9.98 Å². The quantitative estimate of drug-likeness (QED) is 0.444. The largest absolute Gasteiger partial charge is 0.351 e. The highest BCUT2D eigenvalue weighted by molar-refractivity contribution is 14.0. The van der Waals surface area contributed by atoms with Gasteiger partial charge in [-0.15, -0.1) is 35.3 Å². The lowest BCUT2D eigenvalue weighted by Gasteiger charge is -2.11. The first-order valence-electron chi connectivity index (χ1n) is 6.88. The van der Waals surface area contributed by atoms with Crippen LogP contribution in [0.5, 0.6) is 0 Å². The Labute approximate surface area is 152 Å². The minimum absolute atomic E-state index is 0. The SMILES string of the molecule is CN=C(NCc1nc(C)c(C)s1)NCc1ncccc1C.I. The zero-order chi connectivity index (χ0) is 15.2. The van der Waals surface area contributed by atoms with Crippen molar-refractivity contribution in [3.8, 4) is 0 Å². The van der Waals surface area contributed by atoms with E-state index in [0.717, 1.165) is 22.4 Å². The fourth-order valence-corrected chi connectivity index (χ4v) is 2.74. The van der Waals surface area contributed by atoms with Crippen molar-refractivity contribution in [2.75, 3.05) is 7.05 Å². The van der Waals surface area contributed by atoms with E-state index in [1.165, 1.54) is 10.4 Å². The number of nitrogens with zero attached hydrogens (tertiary/aromatic N) is 3. The van der Waals surface area contributed by atoms with E-state index < -0.39 is 0 Å². The molecule has 0 aliphatic carbocycles. The Balaban J connectivity index is 0.00000242. The Morgan fingerprint density at radius 1 is 1.23 bits per heavy atom. The molecule has 0 aromatic carbocycles. The van der Waals surface area contributed by atoms with E-state index in [2.05, 4.69) is 45.5 Å². The summed E-state index contributed by atoms with van der Waals surface area (Å²) in [5.74, 6) is 0.755. The first-order chi connectivity index (χ1) is 10.1. The molecule has 0 fully saturated rings. The summed E-state index contributed by atoms with van der Waals surface area (Å²) >= 11 is 1.72. The van der Waals surface area contributed by atoms with Crippen LogP contribution in [0.1, 0.15) is 26.8 Å². The summed E-state index contributed by atoms with van der Waals surface area (Å²) in [5.41, 5.74) is 3.30. The van der Waals surface area contributed by atoms with Crippen LogP contribution in [0.15, 0.2) is 23.3 Å². The molecular formula is C15H22IN5S. The van der Waals surface area contributed by atoms with Gasteiger partial charge in [0.25, 0.3) is 0 Å². The van der Waals surface area contributed by atoms with Gasteiger partial charge < -0.3 is 10.6 Å². The summed E-state index contributed by atoms with van der Waals surface area (Å²) in [6, 6.07) is 4.00. The molecule has 2 N–H and O–H groups in total. The molecule has 0 unspecified atom stereocenters. The van der Waals surface area contributed by atoms with Crippen LogP contribution in [0.2, 0.25) is 0 Å². The molecule has 0 amide bonds. The van der Waals surface area contributed by atoms with Crippen molar-refractivity contribution >= 4 is 41.3 Å². The number of aliphatic imine (C=N–C) groups is 1. The number of aromatic nitrogens is 2. The van der Waals surface area contributed by atoms with Gasteiger partial charge in [0, 0.05) is 18.1 Å². The fraction of sp³-hybridized carbons (Fsp3) is 0.400. The molecule has 2 aromatic rings. The third-order valence-corrected chi connectivity index (χ3v) is 4.32. The van der Waals surface area contributed by atoms with Gasteiger partial charge in [-0.05, 0) is 32.4 Å². The zero-order valence-corrected chi connectivity index (χ0v) is 16.5. The molecule has 22 heavy (non-hydrogen) atoms. The molecule has 0 spiro atoms. The predicted molar refractivity (Wildman–Crippen MR) is 103 cm³/mol. The maximum Gasteiger partial charge on any atom is 0.191 e. The lowest BCUT2D eigenvalue weighted by molar-refractivity contribution is 0.786. The summed E-state index contributed by atoms with van der Waals surface area (Å²) in [7, 11) is 1.76. The topological polar surface area (TPSA) is 62.2 Å². The number of thiazole rings is 1. The van der Waals surface area contributed by atoms with Crippen LogP contribution < -0.4 is 10.6 Å². The highest BCUT2D eigenvalue weighted by Crippen LogP contribution is 2.15. The minimum Gasteiger partial charge on any atom is -0.351 e. The third-order valence-electron chi connectivity index (χ3n) is 3.24. The lowest BCUT2D eigenvalue weighted by atomic mass is 10.2. The number of hydrogen-bond donors (Lipinski definition) is 2. The molecule has 0 saturated heterocycles. The number of halogens is 1. The summed E-state index contributed by atoms with van der Waals surface area (Å²) < 4.78 is 0. The summed E-state index contributed by atoms with van der Waals surface area (Å²) in [6.45, 7) is 7.52. The minimum atomic E-state index is 0. The molecule has 0 aliphatic rings. The molecule has 2 rings (SSSR count). The smallest absolute Gasteiger partial charge is 0.191 e. The Morgan fingerprint density at radius 3 is 2.55 bits per heavy atom. The van der Waals surface area contributed by atoms with E-state index in [1.807, 2.05) is 13.0 Å². The average Bonchev–Trinajstić information content (AvgIpc) is 2.79. The van der Waals surface area contributed by atoms with Crippen molar-refractivity contribution in [2.24, 2.45) is 4.99 Å². The second kappa shape index (κ2) is 9.04. The van der Waals surface area contributed by atoms with Crippen LogP contribution in [-0.2, 0) is 13.1 Å². The maximum absolute atomic E-state index is 4.51. The lowest BCUT2D eigenvalue weighted by Crippen LogP contribution is -2.36. The van der Waals surface area contributed by atoms with E-state index in [4.69, 9.17) is 0 Å². The number of nitrogens with one attached hydrogen (secondary N) is 2. The number of pyridine rings is 1. The van der Waals surface area contributed by atoms with Gasteiger partial charge in [-0.2, -0.15) is 0 Å². The van der Waals surface area contributed by atoms with Gasteiger partial charge in [0.2, 0.25) is 0 Å². The van der Waals surface area contributed by atoms with E-state index in [1.54, 1.807) is 24.6 Å². The van der Waals surface area contributed by atoms with E-state index in [-0.39, 0.29) is 24.0 Å². The summed E-state index contributed by atoms with van der Waals surface area (Å²) in [6.07, 6.45) is 1.81. The predicted octanol–water partition coefficient (Wildman–Crippen LogP) is 2.95. The van der Waals surface area contributed by atoms with E-state index in [9.17, 15) is 0 Å². The van der Waals surface area contributed by atoms with Crippen molar-refractivity contribution in [3.05, 3.63) is 45.2 Å². The van der Waals surface area contributed by atoms with Gasteiger partial charge in [0.1, 0.15) is 5.01 Å². The van der Waals surface area contributed by atoms with Crippen LogP contribution in [0.25, 0.3) is 0 Å². The molecule has 0 aliphatic heterocycles. The maximum atomic E-state index is 4.51. The number of guanidine groups is 1. The molecule has 120 valence electrons. The van der Waals surface area contributed by atoms with Gasteiger partial charge >= 0.3 is 0 Å². The molecule has 5 nitrogen and oxygen atoms in total. The normalized spacial score (nSPS) is 11.0. The molecule has 2 aromatic heterocycles. The molecule has 0 atom stereocenters. The Morgan fingerprint density at radius 2 is 1.95 bits per heavy atom. The van der Waals surface area contributed by atoms with Gasteiger partial charge in [-0.25, -0.2) is 4.98 Å². The van der Waals surface area contributed by atoms with Crippen molar-refractivity contribution in [1.29, 1.82) is 0 Å². The number of rotatable bonds is 4. The van der Waals surface area contributed by atoms with Crippen LogP contribution in [-0.4, -0.2) is 23.0 Å². The molecule has 0 radical (unpaired) electrons. The monoisotopic (exact) mass is 431 g/mol. The molecule has 2 heterocycles. The van der Waals surface area contributed by atoms with Crippen molar-refractivity contribution in [2.45, 2.75) is 33.9 Å². The first kappa shape index (κ1) is 18.8. The number of hydrogen-bond acceptors (Lipinski definition) is 4. The Hall–Kier alpha value is -1.22. The third kappa shape index (κ3) is 5.20. The van der Waals surface area contributed by atoms with Crippen molar-refractivity contribution < 1.29 is 0 Å². The first-order valence-corrected chi connectivity index (χ1v) is 7.69. The van der Waals surface area contributed by atoms with Gasteiger partial charge in [0.05, 0.1) is 24.5 Å². The van der Waals surface area contributed by atoms with Gasteiger partial charge in [0.15, 0.2) is 5.96 Å². The van der Waals surface area contributed by atoms with Crippen LogP contribution >= 0.6 is 35.3 Å². The summed E-state index contributed by atoms with van der Waals surface area (Å²) in [4.78, 5) is 14.4.